The van der Waals surface area contributed by atoms with Crippen LogP contribution in [0.4, 0.5) is 4.79 Å². The van der Waals surface area contributed by atoms with Gasteiger partial charge in [0.2, 0.25) is 0 Å². The number of alkyl carbamates (subject to hydrolysis) is 1. The highest BCUT2D eigenvalue weighted by molar-refractivity contribution is 7.08. The number of ether oxygens (including phenoxy) is 1. The van der Waals surface area contributed by atoms with Gasteiger partial charge in [0.25, 0.3) is 0 Å². The summed E-state index contributed by atoms with van der Waals surface area (Å²) in [5.74, 6) is 0. The van der Waals surface area contributed by atoms with E-state index in [1.165, 1.54) is 11.3 Å². The third-order valence-electron chi connectivity index (χ3n) is 1.97. The van der Waals surface area contributed by atoms with E-state index >= 15 is 0 Å². The third kappa shape index (κ3) is 4.24. The highest BCUT2D eigenvalue weighted by Crippen LogP contribution is 2.13. The number of nitrogens with one attached hydrogen (secondary N) is 1. The molecule has 0 aliphatic rings. The fraction of sp³-hybridized carbons (Fsp3) is 0.667. The zero-order valence-electron chi connectivity index (χ0n) is 9.03. The first-order chi connectivity index (χ1) is 7.03. The van der Waals surface area contributed by atoms with Crippen LogP contribution in [0.15, 0.2) is 0 Å². The lowest BCUT2D eigenvalue weighted by Gasteiger charge is -2.23. The number of aromatic nitrogens is 2. The molecule has 6 heteroatoms. The maximum atomic E-state index is 11.3. The van der Waals surface area contributed by atoms with E-state index in [4.69, 9.17) is 4.74 Å². The Hall–Kier alpha value is -1.17. The third-order valence-corrected chi connectivity index (χ3v) is 2.60. The molecule has 0 bridgehead atoms. The number of nitrogens with zero attached hydrogens (tertiary/aromatic N) is 2. The minimum absolute atomic E-state index is 0.333. The molecule has 0 saturated heterocycles. The quantitative estimate of drug-likeness (QED) is 0.852. The van der Waals surface area contributed by atoms with Crippen molar-refractivity contribution in [3.63, 3.8) is 0 Å². The van der Waals surface area contributed by atoms with Gasteiger partial charge in [-0.2, -0.15) is 0 Å². The Morgan fingerprint density at radius 3 is 2.93 bits per heavy atom. The van der Waals surface area contributed by atoms with Crippen molar-refractivity contribution in [1.29, 1.82) is 0 Å². The van der Waals surface area contributed by atoms with Crippen LogP contribution < -0.4 is 5.32 Å². The molecule has 15 heavy (non-hydrogen) atoms. The summed E-state index contributed by atoms with van der Waals surface area (Å²) in [6.07, 6.45) is 0.338. The molecule has 0 saturated carbocycles. The predicted octanol–water partition coefficient (Wildman–Crippen LogP) is 1.75. The van der Waals surface area contributed by atoms with Crippen LogP contribution in [-0.2, 0) is 11.3 Å². The topological polar surface area (TPSA) is 64.1 Å². The fourth-order valence-corrected chi connectivity index (χ4v) is 1.16. The SMILES string of the molecule is CCC(C)(C)OC(=O)NCc1nn[c]s1. The summed E-state index contributed by atoms with van der Waals surface area (Å²) >= 11 is 1.27. The maximum absolute atomic E-state index is 11.3. The molecule has 5 nitrogen and oxygen atoms in total. The Kier molecular flexibility index (Phi) is 4.02. The van der Waals surface area contributed by atoms with Gasteiger partial charge in [-0.05, 0) is 20.3 Å². The number of carbonyl (C=O) groups is 1. The Morgan fingerprint density at radius 1 is 1.67 bits per heavy atom. The molecule has 1 amide bonds. The van der Waals surface area contributed by atoms with Gasteiger partial charge in [-0.15, -0.1) is 10.2 Å². The van der Waals surface area contributed by atoms with Crippen LogP contribution in [0.1, 0.15) is 32.2 Å². The predicted molar refractivity (Wildman–Crippen MR) is 56.4 cm³/mol. The van der Waals surface area contributed by atoms with Crippen molar-refractivity contribution in [2.24, 2.45) is 0 Å². The van der Waals surface area contributed by atoms with E-state index < -0.39 is 11.7 Å². The Morgan fingerprint density at radius 2 is 2.40 bits per heavy atom. The van der Waals surface area contributed by atoms with Gasteiger partial charge in [0.1, 0.15) is 10.6 Å². The van der Waals surface area contributed by atoms with Crippen LogP contribution in [0.2, 0.25) is 0 Å². The molecule has 0 spiro atoms. The maximum Gasteiger partial charge on any atom is 0.408 e. The van der Waals surface area contributed by atoms with Gasteiger partial charge in [0, 0.05) is 0 Å². The first kappa shape index (κ1) is 11.9. The van der Waals surface area contributed by atoms with Gasteiger partial charge in [0.15, 0.2) is 5.51 Å². The summed E-state index contributed by atoms with van der Waals surface area (Å²) in [5.41, 5.74) is 2.17. The van der Waals surface area contributed by atoms with Crippen LogP contribution in [-0.4, -0.2) is 21.9 Å². The summed E-state index contributed by atoms with van der Waals surface area (Å²) in [6, 6.07) is 0. The van der Waals surface area contributed by atoms with Crippen molar-refractivity contribution in [2.75, 3.05) is 0 Å². The number of amides is 1. The molecule has 0 fully saturated rings. The number of hydrogen-bond acceptors (Lipinski definition) is 5. The van der Waals surface area contributed by atoms with Gasteiger partial charge in [-0.1, -0.05) is 18.3 Å². The normalized spacial score (nSPS) is 11.1. The zero-order valence-corrected chi connectivity index (χ0v) is 9.85. The molecule has 1 rings (SSSR count). The first-order valence-corrected chi connectivity index (χ1v) is 5.50. The van der Waals surface area contributed by atoms with Gasteiger partial charge in [-0.3, -0.25) is 0 Å². The van der Waals surface area contributed by atoms with Crippen molar-refractivity contribution >= 4 is 17.4 Å². The molecule has 0 aliphatic heterocycles. The van der Waals surface area contributed by atoms with Crippen LogP contribution in [0.25, 0.3) is 0 Å². The van der Waals surface area contributed by atoms with Crippen molar-refractivity contribution in [1.82, 2.24) is 15.5 Å². The number of hydrogen-bond donors (Lipinski definition) is 1. The van der Waals surface area contributed by atoms with E-state index in [2.05, 4.69) is 21.0 Å². The van der Waals surface area contributed by atoms with Crippen molar-refractivity contribution in [2.45, 2.75) is 39.3 Å². The summed E-state index contributed by atoms with van der Waals surface area (Å²) in [5, 5.41) is 10.6. The summed E-state index contributed by atoms with van der Waals surface area (Å²) in [6.45, 7) is 6.03. The molecule has 83 valence electrons. The molecule has 0 atom stereocenters. The minimum atomic E-state index is -0.433. The van der Waals surface area contributed by atoms with Crippen molar-refractivity contribution in [3.8, 4) is 0 Å². The van der Waals surface area contributed by atoms with Gasteiger partial charge >= 0.3 is 6.09 Å². The van der Waals surface area contributed by atoms with Gasteiger partial charge in [-0.25, -0.2) is 4.79 Å². The van der Waals surface area contributed by atoms with E-state index in [0.29, 0.717) is 11.6 Å². The Bertz CT molecular complexity index is 311. The minimum Gasteiger partial charge on any atom is -0.444 e. The molecule has 1 heterocycles. The Balaban J connectivity index is 2.31. The summed E-state index contributed by atoms with van der Waals surface area (Å²) in [7, 11) is 0. The number of rotatable bonds is 4. The standard InChI is InChI=1S/C9H14N3O2S/c1-4-9(2,3)14-8(13)10-5-7-12-11-6-15-7/h4-5H2,1-3H3,(H,10,13). The van der Waals surface area contributed by atoms with Gasteiger partial charge < -0.3 is 10.1 Å². The lowest BCUT2D eigenvalue weighted by molar-refractivity contribution is 0.0360. The van der Waals surface area contributed by atoms with E-state index in [1.807, 2.05) is 20.8 Å². The molecule has 1 N–H and O–H groups in total. The molecular weight excluding hydrogens is 214 g/mol. The van der Waals surface area contributed by atoms with Crippen LogP contribution >= 0.6 is 11.3 Å². The molecular formula is C9H14N3O2S. The number of carbonyl (C=O) groups excluding carboxylic acids is 1. The fourth-order valence-electron chi connectivity index (χ4n) is 0.748. The lowest BCUT2D eigenvalue weighted by atomic mass is 10.1. The second kappa shape index (κ2) is 5.06. The second-order valence-corrected chi connectivity index (χ2v) is 4.50. The average molecular weight is 228 g/mol. The molecule has 1 aromatic rings. The van der Waals surface area contributed by atoms with Gasteiger partial charge in [0.05, 0.1) is 6.54 Å². The summed E-state index contributed by atoms with van der Waals surface area (Å²) in [4.78, 5) is 11.3. The smallest absolute Gasteiger partial charge is 0.408 e. The Labute approximate surface area is 92.9 Å². The lowest BCUT2D eigenvalue weighted by Crippen LogP contribution is -2.33. The molecule has 0 aliphatic carbocycles. The summed E-state index contributed by atoms with van der Waals surface area (Å²) < 4.78 is 5.18. The molecule has 0 aromatic carbocycles. The van der Waals surface area contributed by atoms with E-state index in [-0.39, 0.29) is 0 Å². The monoisotopic (exact) mass is 228 g/mol. The van der Waals surface area contributed by atoms with Crippen LogP contribution in [0, 0.1) is 5.51 Å². The highest BCUT2D eigenvalue weighted by Gasteiger charge is 2.20. The molecule has 0 unspecified atom stereocenters. The van der Waals surface area contributed by atoms with Crippen molar-refractivity contribution in [3.05, 3.63) is 10.5 Å². The highest BCUT2D eigenvalue weighted by atomic mass is 32.1. The molecule has 1 aromatic heterocycles. The van der Waals surface area contributed by atoms with Crippen LogP contribution in [0.3, 0.4) is 0 Å². The zero-order chi connectivity index (χ0) is 11.3. The molecule has 1 radical (unpaired) electrons. The van der Waals surface area contributed by atoms with Crippen LogP contribution in [0.5, 0.6) is 0 Å². The largest absolute Gasteiger partial charge is 0.444 e. The van der Waals surface area contributed by atoms with E-state index in [9.17, 15) is 4.79 Å². The van der Waals surface area contributed by atoms with E-state index in [0.717, 1.165) is 6.42 Å². The second-order valence-electron chi connectivity index (χ2n) is 3.64. The average Bonchev–Trinajstić information content (AvgIpc) is 2.66. The van der Waals surface area contributed by atoms with Crippen molar-refractivity contribution < 1.29 is 9.53 Å². The first-order valence-electron chi connectivity index (χ1n) is 4.69. The van der Waals surface area contributed by atoms with E-state index in [1.54, 1.807) is 0 Å².